The van der Waals surface area contributed by atoms with E-state index < -0.39 is 0 Å². The molecule has 2 aliphatic rings. The standard InChI is InChI=1S/C19H36N4O3/c1-20(2)9-4-16-26-19(25)6-5-18(24)23-14-12-22(13-15-23)17-7-10-21(3)11-8-17/h17H,4-16H2,1-3H3. The summed E-state index contributed by atoms with van der Waals surface area (Å²) in [7, 11) is 6.17. The SMILES string of the molecule is CN(C)CCCOC(=O)CCC(=O)N1CCN(C2CCN(C)CC2)CC1. The van der Waals surface area contributed by atoms with Crippen LogP contribution in [0.5, 0.6) is 0 Å². The second-order valence-corrected chi connectivity index (χ2v) is 7.83. The van der Waals surface area contributed by atoms with Crippen LogP contribution in [0.25, 0.3) is 0 Å². The number of likely N-dealkylation sites (tertiary alicyclic amines) is 1. The minimum absolute atomic E-state index is 0.0817. The molecule has 7 nitrogen and oxygen atoms in total. The van der Waals surface area contributed by atoms with E-state index in [-0.39, 0.29) is 24.7 Å². The lowest BCUT2D eigenvalue weighted by Gasteiger charge is -2.42. The fourth-order valence-electron chi connectivity index (χ4n) is 3.70. The average Bonchev–Trinajstić information content (AvgIpc) is 2.64. The molecular formula is C19H36N4O3. The zero-order chi connectivity index (χ0) is 18.9. The van der Waals surface area contributed by atoms with Crippen LogP contribution in [0.2, 0.25) is 0 Å². The topological polar surface area (TPSA) is 56.3 Å². The van der Waals surface area contributed by atoms with E-state index in [2.05, 4.69) is 21.7 Å². The van der Waals surface area contributed by atoms with Gasteiger partial charge in [-0.3, -0.25) is 14.5 Å². The summed E-state index contributed by atoms with van der Waals surface area (Å²) < 4.78 is 5.19. The van der Waals surface area contributed by atoms with Gasteiger partial charge in [0.05, 0.1) is 13.0 Å². The Bertz CT molecular complexity index is 442. The second-order valence-electron chi connectivity index (χ2n) is 7.83. The molecule has 0 spiro atoms. The number of carbonyl (C=O) groups is 2. The van der Waals surface area contributed by atoms with Crippen LogP contribution in [0.15, 0.2) is 0 Å². The van der Waals surface area contributed by atoms with E-state index in [1.54, 1.807) is 0 Å². The number of ether oxygens (including phenoxy) is 1. The molecule has 0 saturated carbocycles. The highest BCUT2D eigenvalue weighted by molar-refractivity contribution is 5.81. The summed E-state index contributed by atoms with van der Waals surface area (Å²) in [5.41, 5.74) is 0. The predicted octanol–water partition coefficient (Wildman–Crippen LogP) is 0.500. The molecule has 0 atom stereocenters. The summed E-state index contributed by atoms with van der Waals surface area (Å²) in [6.07, 6.45) is 3.73. The van der Waals surface area contributed by atoms with Crippen LogP contribution in [-0.4, -0.2) is 111 Å². The van der Waals surface area contributed by atoms with Crippen molar-refractivity contribution in [2.75, 3.05) is 73.6 Å². The summed E-state index contributed by atoms with van der Waals surface area (Å²) in [6.45, 7) is 7.13. The van der Waals surface area contributed by atoms with Gasteiger partial charge < -0.3 is 19.4 Å². The molecule has 150 valence electrons. The van der Waals surface area contributed by atoms with Crippen molar-refractivity contribution in [3.8, 4) is 0 Å². The molecule has 0 aromatic rings. The lowest BCUT2D eigenvalue weighted by Crippen LogP contribution is -2.54. The highest BCUT2D eigenvalue weighted by atomic mass is 16.5. The summed E-state index contributed by atoms with van der Waals surface area (Å²) in [4.78, 5) is 33.0. The van der Waals surface area contributed by atoms with E-state index in [0.717, 1.165) is 39.1 Å². The molecule has 2 aliphatic heterocycles. The maximum Gasteiger partial charge on any atom is 0.306 e. The first-order chi connectivity index (χ1) is 12.5. The third-order valence-corrected chi connectivity index (χ3v) is 5.43. The molecule has 0 aromatic heterocycles. The van der Waals surface area contributed by atoms with Gasteiger partial charge in [-0.05, 0) is 53.5 Å². The minimum atomic E-state index is -0.262. The fourth-order valence-corrected chi connectivity index (χ4v) is 3.70. The number of nitrogens with zero attached hydrogens (tertiary/aromatic N) is 4. The smallest absolute Gasteiger partial charge is 0.306 e. The molecule has 1 amide bonds. The third kappa shape index (κ3) is 7.21. The van der Waals surface area contributed by atoms with Gasteiger partial charge in [0, 0.05) is 45.2 Å². The van der Waals surface area contributed by atoms with Crippen molar-refractivity contribution in [3.63, 3.8) is 0 Å². The normalized spacial score (nSPS) is 20.5. The van der Waals surface area contributed by atoms with Gasteiger partial charge in [0.1, 0.15) is 0 Å². The Labute approximate surface area is 158 Å². The number of hydrogen-bond donors (Lipinski definition) is 0. The van der Waals surface area contributed by atoms with Crippen molar-refractivity contribution in [2.45, 2.75) is 38.1 Å². The molecule has 2 fully saturated rings. The third-order valence-electron chi connectivity index (χ3n) is 5.43. The number of hydrogen-bond acceptors (Lipinski definition) is 6. The van der Waals surface area contributed by atoms with E-state index in [0.29, 0.717) is 12.6 Å². The van der Waals surface area contributed by atoms with Crippen LogP contribution in [0, 0.1) is 0 Å². The molecule has 7 heteroatoms. The van der Waals surface area contributed by atoms with Gasteiger partial charge in [-0.1, -0.05) is 0 Å². The van der Waals surface area contributed by atoms with Crippen molar-refractivity contribution < 1.29 is 14.3 Å². The van der Waals surface area contributed by atoms with Crippen molar-refractivity contribution in [3.05, 3.63) is 0 Å². The molecule has 2 saturated heterocycles. The molecule has 0 radical (unpaired) electrons. The Morgan fingerprint density at radius 2 is 1.65 bits per heavy atom. The van der Waals surface area contributed by atoms with Crippen LogP contribution in [0.4, 0.5) is 0 Å². The van der Waals surface area contributed by atoms with Gasteiger partial charge >= 0.3 is 5.97 Å². The predicted molar refractivity (Wildman–Crippen MR) is 102 cm³/mol. The number of esters is 1. The largest absolute Gasteiger partial charge is 0.466 e. The first kappa shape index (κ1) is 21.1. The van der Waals surface area contributed by atoms with Crippen molar-refractivity contribution >= 4 is 11.9 Å². The Morgan fingerprint density at radius 3 is 2.27 bits per heavy atom. The summed E-state index contributed by atoms with van der Waals surface area (Å²) in [5, 5.41) is 0. The number of rotatable bonds is 8. The Morgan fingerprint density at radius 1 is 1.00 bits per heavy atom. The van der Waals surface area contributed by atoms with E-state index in [1.165, 1.54) is 25.9 Å². The molecule has 0 N–H and O–H groups in total. The Balaban J connectivity index is 1.58. The molecule has 0 bridgehead atoms. The average molecular weight is 369 g/mol. The van der Waals surface area contributed by atoms with E-state index in [9.17, 15) is 9.59 Å². The quantitative estimate of drug-likeness (QED) is 0.459. The van der Waals surface area contributed by atoms with Gasteiger partial charge in [-0.25, -0.2) is 0 Å². The molecule has 0 aliphatic carbocycles. The molecule has 26 heavy (non-hydrogen) atoms. The monoisotopic (exact) mass is 368 g/mol. The van der Waals surface area contributed by atoms with Crippen LogP contribution in [0.1, 0.15) is 32.1 Å². The summed E-state index contributed by atoms with van der Waals surface area (Å²) in [5.74, 6) is -0.180. The number of piperazine rings is 1. The van der Waals surface area contributed by atoms with Crippen LogP contribution >= 0.6 is 0 Å². The summed E-state index contributed by atoms with van der Waals surface area (Å²) in [6, 6.07) is 0.667. The molecule has 0 unspecified atom stereocenters. The Hall–Kier alpha value is -1.18. The number of amides is 1. The van der Waals surface area contributed by atoms with Crippen molar-refractivity contribution in [2.24, 2.45) is 0 Å². The van der Waals surface area contributed by atoms with E-state index in [1.807, 2.05) is 19.0 Å². The van der Waals surface area contributed by atoms with Gasteiger partial charge in [-0.15, -0.1) is 0 Å². The van der Waals surface area contributed by atoms with Gasteiger partial charge in [0.2, 0.25) is 5.91 Å². The van der Waals surface area contributed by atoms with Gasteiger partial charge in [0.25, 0.3) is 0 Å². The molecular weight excluding hydrogens is 332 g/mol. The van der Waals surface area contributed by atoms with Crippen LogP contribution < -0.4 is 0 Å². The second kappa shape index (κ2) is 10.8. The van der Waals surface area contributed by atoms with E-state index >= 15 is 0 Å². The van der Waals surface area contributed by atoms with Crippen LogP contribution in [-0.2, 0) is 14.3 Å². The Kier molecular flexibility index (Phi) is 8.81. The first-order valence-corrected chi connectivity index (χ1v) is 9.96. The first-order valence-electron chi connectivity index (χ1n) is 9.96. The molecule has 2 heterocycles. The van der Waals surface area contributed by atoms with Crippen LogP contribution in [0.3, 0.4) is 0 Å². The highest BCUT2D eigenvalue weighted by Gasteiger charge is 2.28. The zero-order valence-corrected chi connectivity index (χ0v) is 16.8. The van der Waals surface area contributed by atoms with Crippen molar-refractivity contribution in [1.29, 1.82) is 0 Å². The lowest BCUT2D eigenvalue weighted by atomic mass is 10.0. The highest BCUT2D eigenvalue weighted by Crippen LogP contribution is 2.17. The van der Waals surface area contributed by atoms with Gasteiger partial charge in [0.15, 0.2) is 0 Å². The fraction of sp³-hybridized carbons (Fsp3) is 0.895. The van der Waals surface area contributed by atoms with Crippen molar-refractivity contribution in [1.82, 2.24) is 19.6 Å². The lowest BCUT2D eigenvalue weighted by molar-refractivity contribution is -0.146. The molecule has 2 rings (SSSR count). The maximum atomic E-state index is 12.3. The zero-order valence-electron chi connectivity index (χ0n) is 16.8. The summed E-state index contributed by atoms with van der Waals surface area (Å²) >= 11 is 0. The van der Waals surface area contributed by atoms with E-state index in [4.69, 9.17) is 4.74 Å². The minimum Gasteiger partial charge on any atom is -0.466 e. The number of carbonyl (C=O) groups excluding carboxylic acids is 2. The maximum absolute atomic E-state index is 12.3. The van der Waals surface area contributed by atoms with Gasteiger partial charge in [-0.2, -0.15) is 0 Å². The molecule has 0 aromatic carbocycles. The number of piperidine rings is 1.